The zero-order valence-corrected chi connectivity index (χ0v) is 50.1. The van der Waals surface area contributed by atoms with E-state index in [1.165, 1.54) is 22.7 Å². The molecule has 0 radical (unpaired) electrons. The van der Waals surface area contributed by atoms with Gasteiger partial charge in [-0.25, -0.2) is 4.68 Å². The number of fused-ring (bicyclic) bond motifs is 2. The molecular weight excluding hydrogens is 1070 g/mol. The highest BCUT2D eigenvalue weighted by atomic mass is 79.9. The Morgan fingerprint density at radius 1 is 0.797 bits per heavy atom. The van der Waals surface area contributed by atoms with Gasteiger partial charge in [-0.05, 0) is 135 Å². The fourth-order valence-electron chi connectivity index (χ4n) is 10.3. The highest BCUT2D eigenvalue weighted by Crippen LogP contribution is 2.39. The first-order valence-electron chi connectivity index (χ1n) is 27.2. The molecule has 5 N–H and O–H groups in total. The highest BCUT2D eigenvalue weighted by Gasteiger charge is 2.52. The molecule has 2 aromatic heterocycles. The summed E-state index contributed by atoms with van der Waals surface area (Å²) in [6.07, 6.45) is 0.308. The molecular formula is C61H83BBrN3O13. The van der Waals surface area contributed by atoms with E-state index in [0.717, 1.165) is 57.3 Å². The summed E-state index contributed by atoms with van der Waals surface area (Å²) in [6.45, 7) is 23.6. The lowest BCUT2D eigenvalue weighted by Crippen LogP contribution is -2.51. The first kappa shape index (κ1) is 64.7. The lowest BCUT2D eigenvalue weighted by molar-refractivity contribution is -0.208. The number of aliphatic hydroxyl groups is 5. The molecule has 3 aliphatic heterocycles. The van der Waals surface area contributed by atoms with E-state index < -0.39 is 55.4 Å². The van der Waals surface area contributed by atoms with E-state index in [0.29, 0.717) is 22.3 Å². The standard InChI is InChI=1S/C24H27NO6.C19H27BrO3.C15H19BN2O3.C2H6.CH4O/c1-13-9-15(16-4-3-14-7-8-25(2)24(30)18(14)10-16)5-6-17(13)22(29)23-20(28)11-19(27)21(12-26)31-23;1-6-17-12(3)10-18(22-14(5)21)19(23-17)13(4)16-8-7-15(20)9-11(16)2;1-14(2)15(3,4)21-16(20-14)11-7-6-10-9-17-18(5)13(19)12(10)8-11;2*1-2/h3-10,19-23,26-29H,11-12H2,1-2H3;7-9,12-13,17-19H,6,10H2,1-5H3;6-9H,1-5H3;1-2H3;2H,1H3/t19-,20?,21?,22+,23-;12-,13+,17?,18?,19+;;;/m00.../s1. The van der Waals surface area contributed by atoms with Crippen molar-refractivity contribution in [1.82, 2.24) is 14.3 Å². The number of halogens is 1. The van der Waals surface area contributed by atoms with Gasteiger partial charge in [-0.2, -0.15) is 5.10 Å². The molecule has 4 aromatic carbocycles. The quantitative estimate of drug-likeness (QED) is 0.0680. The smallest absolute Gasteiger partial charge is 0.460 e. The number of carbonyl (C=O) groups excluding carboxylic acids is 1. The third-order valence-corrected chi connectivity index (χ3v) is 16.0. The summed E-state index contributed by atoms with van der Waals surface area (Å²) in [5.74, 6) is 0.346. The van der Waals surface area contributed by atoms with Gasteiger partial charge in [0.15, 0.2) is 0 Å². The Morgan fingerprint density at radius 3 is 1.99 bits per heavy atom. The van der Waals surface area contributed by atoms with Gasteiger partial charge in [-0.1, -0.05) is 99.1 Å². The minimum atomic E-state index is -1.12. The van der Waals surface area contributed by atoms with Crippen molar-refractivity contribution < 1.29 is 53.8 Å². The maximum Gasteiger partial charge on any atom is 0.494 e. The number of pyridine rings is 1. The van der Waals surface area contributed by atoms with Crippen LogP contribution in [-0.2, 0) is 42.4 Å². The molecule has 430 valence electrons. The van der Waals surface area contributed by atoms with E-state index in [9.17, 15) is 34.8 Å². The molecule has 3 fully saturated rings. The Morgan fingerprint density at radius 2 is 1.38 bits per heavy atom. The SMILES string of the molecule is CC.CCC1O[C@H]([C@H](C)c2ccc(Br)cc2C)C(OC(C)=O)C[C@@H]1C.CO.Cc1cc(-c2ccc3ccn(C)c(=O)c3c2)ccc1[C@@H](O)[C@H]1OC(CO)[C@@H](O)CC1O.Cn1ncc2ccc(B3OC(C)(C)C(C)(C)O3)cc2c1=O. The van der Waals surface area contributed by atoms with Crippen LogP contribution in [0.15, 0.2) is 105 Å². The number of benzene rings is 4. The Hall–Kier alpha value is -5.12. The third kappa shape index (κ3) is 15.1. The number of hydrogen-bond acceptors (Lipinski definition) is 14. The van der Waals surface area contributed by atoms with Crippen LogP contribution in [0, 0.1) is 19.8 Å². The van der Waals surface area contributed by atoms with Crippen molar-refractivity contribution >= 4 is 56.0 Å². The van der Waals surface area contributed by atoms with Crippen molar-refractivity contribution in [3.8, 4) is 11.1 Å². The van der Waals surface area contributed by atoms with Gasteiger partial charge in [0.05, 0.1) is 42.3 Å². The molecule has 0 aliphatic carbocycles. The lowest BCUT2D eigenvalue weighted by atomic mass is 9.78. The first-order valence-corrected chi connectivity index (χ1v) is 28.0. The van der Waals surface area contributed by atoms with Crippen LogP contribution >= 0.6 is 15.9 Å². The predicted molar refractivity (Wildman–Crippen MR) is 314 cm³/mol. The van der Waals surface area contributed by atoms with Crippen LogP contribution < -0.4 is 16.6 Å². The topological polar surface area (TPSA) is 221 Å². The van der Waals surface area contributed by atoms with Crippen molar-refractivity contribution in [2.45, 2.75) is 168 Å². The molecule has 18 heteroatoms. The zero-order valence-electron chi connectivity index (χ0n) is 48.6. The molecule has 10 atom stereocenters. The van der Waals surface area contributed by atoms with Crippen molar-refractivity contribution in [2.24, 2.45) is 20.0 Å². The molecule has 3 aliphatic rings. The fourth-order valence-corrected chi connectivity index (χ4v) is 10.8. The average Bonchev–Trinajstić information content (AvgIpc) is 3.80. The summed E-state index contributed by atoms with van der Waals surface area (Å²) in [5, 5.41) is 54.4. The summed E-state index contributed by atoms with van der Waals surface area (Å²) in [6, 6.07) is 25.1. The van der Waals surface area contributed by atoms with Gasteiger partial charge in [0, 0.05) is 67.3 Å². The van der Waals surface area contributed by atoms with Crippen molar-refractivity contribution in [3.05, 3.63) is 139 Å². The minimum absolute atomic E-state index is 0.0239. The van der Waals surface area contributed by atoms with Gasteiger partial charge >= 0.3 is 13.1 Å². The molecule has 0 amide bonds. The Kier molecular flexibility index (Phi) is 23.0. The van der Waals surface area contributed by atoms with Crippen molar-refractivity contribution in [2.75, 3.05) is 13.7 Å². The van der Waals surface area contributed by atoms with E-state index in [-0.39, 0.29) is 47.7 Å². The third-order valence-electron chi connectivity index (χ3n) is 15.5. The van der Waals surface area contributed by atoms with E-state index in [2.05, 4.69) is 66.9 Å². The van der Waals surface area contributed by atoms with Crippen LogP contribution in [0.4, 0.5) is 0 Å². The number of aromatic nitrogens is 3. The Balaban J connectivity index is 0.000000216. The number of carbonyl (C=O) groups is 1. The molecule has 5 heterocycles. The summed E-state index contributed by atoms with van der Waals surface area (Å²) in [7, 11) is 3.90. The molecule has 0 bridgehead atoms. The normalized spacial score (nSPS) is 23.8. The average molecular weight is 1160 g/mol. The maximum atomic E-state index is 12.5. The predicted octanol–water partition coefficient (Wildman–Crippen LogP) is 8.28. The van der Waals surface area contributed by atoms with Gasteiger partial charge < -0.3 is 53.6 Å². The molecule has 16 nitrogen and oxygen atoms in total. The lowest BCUT2D eigenvalue weighted by Gasteiger charge is -2.42. The van der Waals surface area contributed by atoms with Gasteiger partial charge in [0.25, 0.3) is 11.1 Å². The fraction of sp³-hybridized carbons (Fsp3) is 0.508. The second-order valence-electron chi connectivity index (χ2n) is 21.4. The number of hydrogen-bond donors (Lipinski definition) is 5. The highest BCUT2D eigenvalue weighted by molar-refractivity contribution is 9.10. The molecule has 4 unspecified atom stereocenters. The maximum absolute atomic E-state index is 12.5. The number of rotatable bonds is 9. The van der Waals surface area contributed by atoms with E-state index >= 15 is 0 Å². The van der Waals surface area contributed by atoms with Gasteiger partial charge in [0.1, 0.15) is 30.5 Å². The Bertz CT molecular complexity index is 3110. The van der Waals surface area contributed by atoms with Gasteiger partial charge in [-0.15, -0.1) is 0 Å². The first-order chi connectivity index (χ1) is 37.3. The number of ether oxygens (including phenoxy) is 3. The van der Waals surface area contributed by atoms with Crippen LogP contribution in [0.5, 0.6) is 0 Å². The van der Waals surface area contributed by atoms with Crippen molar-refractivity contribution in [3.63, 3.8) is 0 Å². The molecule has 6 aromatic rings. The number of aliphatic hydroxyl groups excluding tert-OH is 5. The second kappa shape index (κ2) is 28.0. The molecule has 3 saturated heterocycles. The zero-order chi connectivity index (χ0) is 58.8. The van der Waals surface area contributed by atoms with Crippen LogP contribution in [0.2, 0.25) is 0 Å². The Labute approximate surface area is 473 Å². The monoisotopic (exact) mass is 1160 g/mol. The molecule has 0 saturated carbocycles. The molecule has 79 heavy (non-hydrogen) atoms. The number of nitrogens with zero attached hydrogens (tertiary/aromatic N) is 3. The number of aryl methyl sites for hydroxylation is 4. The van der Waals surface area contributed by atoms with Crippen molar-refractivity contribution in [1.29, 1.82) is 0 Å². The minimum Gasteiger partial charge on any atom is -0.460 e. The summed E-state index contributed by atoms with van der Waals surface area (Å²) < 4.78 is 33.6. The van der Waals surface area contributed by atoms with Gasteiger partial charge in [0.2, 0.25) is 0 Å². The van der Waals surface area contributed by atoms with Crippen LogP contribution in [0.25, 0.3) is 32.7 Å². The van der Waals surface area contributed by atoms with Crippen LogP contribution in [0.3, 0.4) is 0 Å². The summed E-state index contributed by atoms with van der Waals surface area (Å²) >= 11 is 3.51. The number of esters is 1. The van der Waals surface area contributed by atoms with E-state index in [4.69, 9.17) is 28.6 Å². The van der Waals surface area contributed by atoms with E-state index in [1.54, 1.807) is 37.1 Å². The second-order valence-corrected chi connectivity index (χ2v) is 22.4. The van der Waals surface area contributed by atoms with Gasteiger partial charge in [-0.3, -0.25) is 14.4 Å². The summed E-state index contributed by atoms with van der Waals surface area (Å²) in [4.78, 5) is 36.1. The largest absolute Gasteiger partial charge is 0.494 e. The summed E-state index contributed by atoms with van der Waals surface area (Å²) in [5.41, 5.74) is 5.54. The van der Waals surface area contributed by atoms with Crippen LogP contribution in [-0.4, -0.2) is 121 Å². The molecule has 9 rings (SSSR count). The van der Waals surface area contributed by atoms with E-state index in [1.807, 2.05) is 103 Å². The molecule has 0 spiro atoms. The van der Waals surface area contributed by atoms with Crippen LogP contribution in [0.1, 0.15) is 123 Å².